The summed E-state index contributed by atoms with van der Waals surface area (Å²) < 4.78 is 34.1. The molecular weight excluding hydrogens is 414 g/mol. The van der Waals surface area contributed by atoms with E-state index in [2.05, 4.69) is 29.0 Å². The number of aromatic nitrogens is 3. The maximum Gasteiger partial charge on any atom is 0.212 e. The molecule has 4 rings (SSSR count). The fraction of sp³-hybridized carbons (Fsp3) is 0.455. The number of nitrogens with one attached hydrogen (secondary N) is 1. The fourth-order valence-electron chi connectivity index (χ4n) is 4.26. The predicted octanol–water partition coefficient (Wildman–Crippen LogP) is 2.63. The van der Waals surface area contributed by atoms with Gasteiger partial charge in [-0.1, -0.05) is 6.92 Å². The number of sulfone groups is 1. The number of ether oxygens (including phenoxy) is 1. The first-order chi connectivity index (χ1) is 14.7. The van der Waals surface area contributed by atoms with Crippen LogP contribution in [0.15, 0.2) is 40.1 Å². The van der Waals surface area contributed by atoms with E-state index in [0.717, 1.165) is 24.6 Å². The summed E-state index contributed by atoms with van der Waals surface area (Å²) in [7, 11) is -2.26. The van der Waals surface area contributed by atoms with Crippen LogP contribution in [0.5, 0.6) is 5.75 Å². The quantitative estimate of drug-likeness (QED) is 0.648. The normalized spacial score (nSPS) is 19.7. The van der Waals surface area contributed by atoms with E-state index in [9.17, 15) is 8.42 Å². The van der Waals surface area contributed by atoms with Gasteiger partial charge in [0.05, 0.1) is 17.7 Å². The van der Waals surface area contributed by atoms with Gasteiger partial charge in [0, 0.05) is 36.9 Å². The van der Waals surface area contributed by atoms with Gasteiger partial charge in [-0.3, -0.25) is 0 Å². The first-order valence-corrected chi connectivity index (χ1v) is 12.0. The third kappa shape index (κ3) is 3.87. The highest BCUT2D eigenvalue weighted by Gasteiger charge is 2.31. The number of fused-ring (bicyclic) bond motifs is 1. The van der Waals surface area contributed by atoms with Crippen LogP contribution in [0, 0.1) is 6.92 Å². The van der Waals surface area contributed by atoms with Crippen LogP contribution in [0.25, 0.3) is 5.65 Å². The molecule has 1 aromatic carbocycles. The van der Waals surface area contributed by atoms with Crippen LogP contribution < -0.4 is 15.0 Å². The van der Waals surface area contributed by atoms with E-state index in [-0.39, 0.29) is 9.79 Å². The van der Waals surface area contributed by atoms with Crippen molar-refractivity contribution in [3.05, 3.63) is 41.7 Å². The number of nitrogens with zero attached hydrogens (tertiary/aromatic N) is 4. The zero-order valence-corrected chi connectivity index (χ0v) is 19.4. The van der Waals surface area contributed by atoms with Crippen molar-refractivity contribution < 1.29 is 13.2 Å². The van der Waals surface area contributed by atoms with Crippen LogP contribution in [0.1, 0.15) is 32.2 Å². The average Bonchev–Trinajstić information content (AvgIpc) is 3.11. The van der Waals surface area contributed by atoms with E-state index in [1.165, 1.54) is 0 Å². The highest BCUT2D eigenvalue weighted by atomic mass is 32.2. The smallest absolute Gasteiger partial charge is 0.212 e. The summed E-state index contributed by atoms with van der Waals surface area (Å²) in [6.45, 7) is 9.72. The average molecular weight is 444 g/mol. The molecule has 8 nitrogen and oxygen atoms in total. The van der Waals surface area contributed by atoms with Crippen LogP contribution in [-0.2, 0) is 16.3 Å². The number of rotatable bonds is 5. The highest BCUT2D eigenvalue weighted by Crippen LogP contribution is 2.31. The largest absolute Gasteiger partial charge is 0.497 e. The monoisotopic (exact) mass is 443 g/mol. The van der Waals surface area contributed by atoms with Gasteiger partial charge >= 0.3 is 0 Å². The number of methoxy groups -OCH3 is 1. The minimum Gasteiger partial charge on any atom is -0.497 e. The van der Waals surface area contributed by atoms with Crippen molar-refractivity contribution in [2.75, 3.05) is 25.1 Å². The molecule has 1 saturated heterocycles. The van der Waals surface area contributed by atoms with Crippen LogP contribution in [0.2, 0.25) is 0 Å². The van der Waals surface area contributed by atoms with Crippen LogP contribution in [0.3, 0.4) is 0 Å². The Balaban J connectivity index is 1.91. The standard InChI is InChI=1S/C22H29N5O3S/c1-6-19-21(31(28,29)18-9-7-17(30-5)8-10-18)22-24-14(2)11-20(27(22)25-19)26-12-15(3)23-16(4)13-26/h7-11,15-16,23H,6,12-13H2,1-5H3. The third-order valence-electron chi connectivity index (χ3n) is 5.58. The first kappa shape index (κ1) is 21.6. The van der Waals surface area contributed by atoms with Crippen molar-refractivity contribution in [1.29, 1.82) is 0 Å². The Morgan fingerprint density at radius 1 is 1.16 bits per heavy atom. The van der Waals surface area contributed by atoms with Crippen molar-refractivity contribution >= 4 is 21.3 Å². The summed E-state index contributed by atoms with van der Waals surface area (Å²) in [6.07, 6.45) is 0.487. The van der Waals surface area contributed by atoms with Crippen molar-refractivity contribution in [3.8, 4) is 5.75 Å². The Hall–Kier alpha value is -2.65. The number of benzene rings is 1. The Bertz CT molecular complexity index is 1190. The van der Waals surface area contributed by atoms with Gasteiger partial charge < -0.3 is 15.0 Å². The van der Waals surface area contributed by atoms with Gasteiger partial charge in [0.1, 0.15) is 16.5 Å². The minimum atomic E-state index is -3.81. The molecule has 2 aromatic heterocycles. The number of hydrogen-bond donors (Lipinski definition) is 1. The van der Waals surface area contributed by atoms with Gasteiger partial charge in [0.2, 0.25) is 9.84 Å². The molecule has 0 spiro atoms. The lowest BCUT2D eigenvalue weighted by molar-refractivity contribution is 0.403. The van der Waals surface area contributed by atoms with Crippen molar-refractivity contribution in [3.63, 3.8) is 0 Å². The molecule has 1 aliphatic heterocycles. The summed E-state index contributed by atoms with van der Waals surface area (Å²) >= 11 is 0. The van der Waals surface area contributed by atoms with Gasteiger partial charge in [-0.25, -0.2) is 13.4 Å². The molecule has 2 atom stereocenters. The van der Waals surface area contributed by atoms with Gasteiger partial charge in [0.15, 0.2) is 5.65 Å². The van der Waals surface area contributed by atoms with Crippen LogP contribution >= 0.6 is 0 Å². The topological polar surface area (TPSA) is 88.8 Å². The molecule has 31 heavy (non-hydrogen) atoms. The molecule has 0 aliphatic carbocycles. The van der Waals surface area contributed by atoms with Crippen LogP contribution in [-0.4, -0.2) is 55.3 Å². The molecule has 166 valence electrons. The second-order valence-corrected chi connectivity index (χ2v) is 10.1. The van der Waals surface area contributed by atoms with E-state index in [0.29, 0.717) is 35.6 Å². The zero-order valence-electron chi connectivity index (χ0n) is 18.6. The van der Waals surface area contributed by atoms with E-state index >= 15 is 0 Å². The molecule has 3 aromatic rings. The molecular formula is C22H29N5O3S. The Morgan fingerprint density at radius 3 is 2.39 bits per heavy atom. The molecule has 0 amide bonds. The molecule has 0 bridgehead atoms. The lowest BCUT2D eigenvalue weighted by Gasteiger charge is -2.37. The second-order valence-electron chi connectivity index (χ2n) is 8.17. The zero-order chi connectivity index (χ0) is 22.3. The summed E-state index contributed by atoms with van der Waals surface area (Å²) in [6, 6.07) is 9.04. The molecule has 1 fully saturated rings. The Morgan fingerprint density at radius 2 is 1.81 bits per heavy atom. The summed E-state index contributed by atoms with van der Waals surface area (Å²) in [5, 5.41) is 8.24. The Labute approximate surface area is 183 Å². The maximum absolute atomic E-state index is 13.6. The van der Waals surface area contributed by atoms with Gasteiger partial charge in [-0.2, -0.15) is 9.61 Å². The first-order valence-electron chi connectivity index (χ1n) is 10.5. The van der Waals surface area contributed by atoms with Crippen molar-refractivity contribution in [2.24, 2.45) is 0 Å². The second kappa shape index (κ2) is 8.12. The number of anilines is 1. The molecule has 2 unspecified atom stereocenters. The summed E-state index contributed by atoms with van der Waals surface area (Å²) in [4.78, 5) is 7.25. The van der Waals surface area contributed by atoms with E-state index in [4.69, 9.17) is 9.84 Å². The van der Waals surface area contributed by atoms with E-state index < -0.39 is 9.84 Å². The third-order valence-corrected chi connectivity index (χ3v) is 7.43. The molecule has 3 heterocycles. The fourth-order valence-corrected chi connectivity index (χ4v) is 5.86. The molecule has 0 radical (unpaired) electrons. The SMILES string of the molecule is CCc1nn2c(N3CC(C)NC(C)C3)cc(C)nc2c1S(=O)(=O)c1ccc(OC)cc1. The molecule has 1 aliphatic rings. The minimum absolute atomic E-state index is 0.182. The number of hydrogen-bond acceptors (Lipinski definition) is 7. The molecule has 9 heteroatoms. The van der Waals surface area contributed by atoms with Crippen molar-refractivity contribution in [2.45, 2.75) is 56.0 Å². The summed E-state index contributed by atoms with van der Waals surface area (Å²) in [5.41, 5.74) is 1.66. The lowest BCUT2D eigenvalue weighted by atomic mass is 10.1. The van der Waals surface area contributed by atoms with Gasteiger partial charge in [0.25, 0.3) is 0 Å². The van der Waals surface area contributed by atoms with Crippen molar-refractivity contribution in [1.82, 2.24) is 19.9 Å². The van der Waals surface area contributed by atoms with Gasteiger partial charge in [-0.15, -0.1) is 0 Å². The van der Waals surface area contributed by atoms with E-state index in [1.807, 2.05) is 19.9 Å². The Kier molecular flexibility index (Phi) is 5.65. The maximum atomic E-state index is 13.6. The predicted molar refractivity (Wildman–Crippen MR) is 120 cm³/mol. The number of piperazine rings is 1. The van der Waals surface area contributed by atoms with Crippen LogP contribution in [0.4, 0.5) is 5.82 Å². The lowest BCUT2D eigenvalue weighted by Crippen LogP contribution is -2.54. The summed E-state index contributed by atoms with van der Waals surface area (Å²) in [5.74, 6) is 1.47. The molecule has 0 saturated carbocycles. The van der Waals surface area contributed by atoms with Gasteiger partial charge in [-0.05, 0) is 51.5 Å². The number of aryl methyl sites for hydroxylation is 2. The molecule has 1 N–H and O–H groups in total. The van der Waals surface area contributed by atoms with E-state index in [1.54, 1.807) is 35.9 Å². The highest BCUT2D eigenvalue weighted by molar-refractivity contribution is 7.91.